The molecule has 1 aromatic carbocycles. The van der Waals surface area contributed by atoms with Gasteiger partial charge in [0.05, 0.1) is 11.0 Å². The standard InChI is InChI=1S/C14H16F3N3/c1-8-2-4-10(6-8)20-12-5-3-9(18)7-11(12)19-13(20)14(15,16)17/h3,5,7-8,10H,2,4,6,18H2,1H3. The minimum absolute atomic E-state index is 0.129. The van der Waals surface area contributed by atoms with Crippen LogP contribution in [-0.4, -0.2) is 9.55 Å². The van der Waals surface area contributed by atoms with Crippen molar-refractivity contribution in [3.8, 4) is 0 Å². The number of hydrogen-bond acceptors (Lipinski definition) is 2. The monoisotopic (exact) mass is 283 g/mol. The first-order valence-corrected chi connectivity index (χ1v) is 6.71. The number of halogens is 3. The number of benzene rings is 1. The fourth-order valence-corrected chi connectivity index (χ4v) is 3.10. The molecule has 2 atom stereocenters. The minimum Gasteiger partial charge on any atom is -0.399 e. The summed E-state index contributed by atoms with van der Waals surface area (Å²) in [7, 11) is 0. The Hall–Kier alpha value is -1.72. The number of fused-ring (bicyclic) bond motifs is 1. The van der Waals surface area contributed by atoms with Crippen LogP contribution in [0.5, 0.6) is 0 Å². The number of imidazole rings is 1. The Kier molecular flexibility index (Phi) is 2.92. The topological polar surface area (TPSA) is 43.8 Å². The number of alkyl halides is 3. The van der Waals surface area contributed by atoms with Crippen LogP contribution in [-0.2, 0) is 6.18 Å². The van der Waals surface area contributed by atoms with Gasteiger partial charge in [0.2, 0.25) is 5.82 Å². The molecule has 3 rings (SSSR count). The zero-order valence-electron chi connectivity index (χ0n) is 11.1. The van der Waals surface area contributed by atoms with Crippen molar-refractivity contribution >= 4 is 16.7 Å². The Morgan fingerprint density at radius 1 is 1.30 bits per heavy atom. The molecular weight excluding hydrogens is 267 g/mol. The van der Waals surface area contributed by atoms with Crippen LogP contribution in [0.15, 0.2) is 18.2 Å². The average Bonchev–Trinajstić information content (AvgIpc) is 2.91. The number of nitrogens with two attached hydrogens (primary N) is 1. The summed E-state index contributed by atoms with van der Waals surface area (Å²) in [5.41, 5.74) is 6.90. The molecule has 6 heteroatoms. The van der Waals surface area contributed by atoms with E-state index in [1.165, 1.54) is 10.6 Å². The molecule has 2 unspecified atom stereocenters. The van der Waals surface area contributed by atoms with Crippen LogP contribution >= 0.6 is 0 Å². The first kappa shape index (κ1) is 13.3. The van der Waals surface area contributed by atoms with Crippen molar-refractivity contribution in [2.75, 3.05) is 5.73 Å². The Morgan fingerprint density at radius 2 is 2.05 bits per heavy atom. The number of aromatic nitrogens is 2. The van der Waals surface area contributed by atoms with Gasteiger partial charge in [-0.25, -0.2) is 4.98 Å². The van der Waals surface area contributed by atoms with Crippen LogP contribution < -0.4 is 5.73 Å². The van der Waals surface area contributed by atoms with E-state index in [-0.39, 0.29) is 6.04 Å². The van der Waals surface area contributed by atoms with E-state index < -0.39 is 12.0 Å². The number of nitrogens with zero attached hydrogens (tertiary/aromatic N) is 2. The lowest BCUT2D eigenvalue weighted by Crippen LogP contribution is -2.18. The Labute approximate surface area is 114 Å². The van der Waals surface area contributed by atoms with E-state index in [1.807, 2.05) is 0 Å². The second-order valence-electron chi connectivity index (χ2n) is 5.62. The molecule has 0 saturated heterocycles. The van der Waals surface area contributed by atoms with Crippen LogP contribution in [0.1, 0.15) is 38.1 Å². The number of rotatable bonds is 1. The highest BCUT2D eigenvalue weighted by atomic mass is 19.4. The summed E-state index contributed by atoms with van der Waals surface area (Å²) in [4.78, 5) is 3.77. The first-order chi connectivity index (χ1) is 9.36. The molecular formula is C14H16F3N3. The molecule has 0 radical (unpaired) electrons. The molecule has 0 aliphatic heterocycles. The molecule has 1 heterocycles. The van der Waals surface area contributed by atoms with E-state index >= 15 is 0 Å². The third kappa shape index (κ3) is 2.13. The number of nitrogen functional groups attached to an aromatic ring is 1. The molecule has 1 fully saturated rings. The van der Waals surface area contributed by atoms with Crippen molar-refractivity contribution in [2.45, 2.75) is 38.4 Å². The van der Waals surface area contributed by atoms with Gasteiger partial charge in [-0.1, -0.05) is 6.92 Å². The maximum Gasteiger partial charge on any atom is 0.449 e. The predicted octanol–water partition coefficient (Wildman–Crippen LogP) is 4.00. The zero-order valence-corrected chi connectivity index (χ0v) is 11.1. The molecule has 2 aromatic rings. The van der Waals surface area contributed by atoms with Crippen molar-refractivity contribution in [3.63, 3.8) is 0 Å². The Balaban J connectivity index is 2.21. The third-order valence-corrected chi connectivity index (χ3v) is 4.00. The number of anilines is 1. The molecule has 0 spiro atoms. The van der Waals surface area contributed by atoms with Gasteiger partial charge < -0.3 is 10.3 Å². The van der Waals surface area contributed by atoms with Crippen molar-refractivity contribution in [1.29, 1.82) is 0 Å². The van der Waals surface area contributed by atoms with Gasteiger partial charge in [-0.05, 0) is 43.4 Å². The van der Waals surface area contributed by atoms with Crippen LogP contribution in [0.2, 0.25) is 0 Å². The van der Waals surface area contributed by atoms with Gasteiger partial charge in [0.1, 0.15) is 0 Å². The summed E-state index contributed by atoms with van der Waals surface area (Å²) in [6.07, 6.45) is -1.96. The molecule has 108 valence electrons. The van der Waals surface area contributed by atoms with Crippen LogP contribution in [0.4, 0.5) is 18.9 Å². The molecule has 0 amide bonds. The van der Waals surface area contributed by atoms with Crippen LogP contribution in [0.25, 0.3) is 11.0 Å². The summed E-state index contributed by atoms with van der Waals surface area (Å²) in [5.74, 6) is -0.357. The van der Waals surface area contributed by atoms with Crippen LogP contribution in [0, 0.1) is 5.92 Å². The summed E-state index contributed by atoms with van der Waals surface area (Å²) in [5, 5.41) is 0. The van der Waals surface area contributed by atoms with Gasteiger partial charge in [0.25, 0.3) is 0 Å². The van der Waals surface area contributed by atoms with Crippen molar-refractivity contribution < 1.29 is 13.2 Å². The normalized spacial score (nSPS) is 23.6. The minimum atomic E-state index is -4.44. The Morgan fingerprint density at radius 3 is 2.65 bits per heavy atom. The molecule has 20 heavy (non-hydrogen) atoms. The highest BCUT2D eigenvalue weighted by Crippen LogP contribution is 2.41. The lowest BCUT2D eigenvalue weighted by molar-refractivity contribution is -0.147. The van der Waals surface area contributed by atoms with Crippen molar-refractivity contribution in [2.24, 2.45) is 5.92 Å². The SMILES string of the molecule is CC1CCC(n2c(C(F)(F)F)nc3cc(N)ccc32)C1. The third-order valence-electron chi connectivity index (χ3n) is 4.00. The second kappa shape index (κ2) is 4.40. The molecule has 1 saturated carbocycles. The predicted molar refractivity (Wildman–Crippen MR) is 71.2 cm³/mol. The van der Waals surface area contributed by atoms with Crippen molar-refractivity contribution in [3.05, 3.63) is 24.0 Å². The molecule has 1 aliphatic carbocycles. The molecule has 1 aromatic heterocycles. The highest BCUT2D eigenvalue weighted by Gasteiger charge is 2.40. The van der Waals surface area contributed by atoms with E-state index in [4.69, 9.17) is 5.73 Å². The second-order valence-corrected chi connectivity index (χ2v) is 5.62. The zero-order chi connectivity index (χ0) is 14.5. The smallest absolute Gasteiger partial charge is 0.399 e. The van der Waals surface area contributed by atoms with Gasteiger partial charge in [0, 0.05) is 11.7 Å². The molecule has 2 N–H and O–H groups in total. The van der Waals surface area contributed by atoms with E-state index in [9.17, 15) is 13.2 Å². The van der Waals surface area contributed by atoms with Gasteiger partial charge in [-0.3, -0.25) is 0 Å². The van der Waals surface area contributed by atoms with E-state index in [0.29, 0.717) is 22.6 Å². The summed E-state index contributed by atoms with van der Waals surface area (Å²) < 4.78 is 41.0. The van der Waals surface area contributed by atoms with E-state index in [2.05, 4.69) is 11.9 Å². The maximum atomic E-state index is 13.2. The maximum absolute atomic E-state index is 13.2. The van der Waals surface area contributed by atoms with Gasteiger partial charge in [0.15, 0.2) is 0 Å². The summed E-state index contributed by atoms with van der Waals surface area (Å²) in [6.45, 7) is 2.07. The largest absolute Gasteiger partial charge is 0.449 e. The molecule has 1 aliphatic rings. The lowest BCUT2D eigenvalue weighted by Gasteiger charge is -2.18. The summed E-state index contributed by atoms with van der Waals surface area (Å²) >= 11 is 0. The first-order valence-electron chi connectivity index (χ1n) is 6.71. The average molecular weight is 283 g/mol. The van der Waals surface area contributed by atoms with E-state index in [0.717, 1.165) is 19.3 Å². The van der Waals surface area contributed by atoms with E-state index in [1.54, 1.807) is 12.1 Å². The van der Waals surface area contributed by atoms with Gasteiger partial charge in [-0.15, -0.1) is 0 Å². The fraction of sp³-hybridized carbons (Fsp3) is 0.500. The fourth-order valence-electron chi connectivity index (χ4n) is 3.10. The van der Waals surface area contributed by atoms with Gasteiger partial charge >= 0.3 is 6.18 Å². The number of hydrogen-bond donors (Lipinski definition) is 1. The molecule has 0 bridgehead atoms. The van der Waals surface area contributed by atoms with Crippen LogP contribution in [0.3, 0.4) is 0 Å². The highest BCUT2D eigenvalue weighted by molar-refractivity contribution is 5.80. The lowest BCUT2D eigenvalue weighted by atomic mass is 10.1. The van der Waals surface area contributed by atoms with Gasteiger partial charge in [-0.2, -0.15) is 13.2 Å². The van der Waals surface area contributed by atoms with Crippen molar-refractivity contribution in [1.82, 2.24) is 9.55 Å². The quantitative estimate of drug-likeness (QED) is 0.804. The molecule has 3 nitrogen and oxygen atoms in total. The Bertz CT molecular complexity index is 645. The summed E-state index contributed by atoms with van der Waals surface area (Å²) in [6, 6.07) is 4.63.